The van der Waals surface area contributed by atoms with Crippen LogP contribution in [-0.2, 0) is 10.2 Å². The van der Waals surface area contributed by atoms with Crippen LogP contribution in [-0.4, -0.2) is 55.5 Å². The van der Waals surface area contributed by atoms with Crippen molar-refractivity contribution in [2.75, 3.05) is 28.7 Å². The Hall–Kier alpha value is -3.40. The van der Waals surface area contributed by atoms with Crippen molar-refractivity contribution in [3.05, 3.63) is 60.6 Å². The van der Waals surface area contributed by atoms with Gasteiger partial charge in [-0.05, 0) is 37.1 Å². The Kier molecular flexibility index (Phi) is 4.66. The number of benzene rings is 1. The summed E-state index contributed by atoms with van der Waals surface area (Å²) in [6, 6.07) is 12.3. The van der Waals surface area contributed by atoms with Gasteiger partial charge in [0.2, 0.25) is 0 Å². The summed E-state index contributed by atoms with van der Waals surface area (Å²) in [6.45, 7) is 0.882. The molecular weight excluding hydrogens is 418 g/mol. The van der Waals surface area contributed by atoms with Gasteiger partial charge in [-0.2, -0.15) is 8.42 Å². The zero-order chi connectivity index (χ0) is 21.6. The Morgan fingerprint density at radius 2 is 1.84 bits per heavy atom. The molecule has 31 heavy (non-hydrogen) atoms. The number of para-hydroxylation sites is 2. The first-order chi connectivity index (χ1) is 15.0. The van der Waals surface area contributed by atoms with E-state index in [9.17, 15) is 13.2 Å². The molecule has 0 N–H and O–H groups in total. The zero-order valence-electron chi connectivity index (χ0n) is 16.9. The number of carbonyl (C=O) groups is 1. The van der Waals surface area contributed by atoms with Crippen LogP contribution in [0.25, 0.3) is 11.3 Å². The van der Waals surface area contributed by atoms with Crippen LogP contribution in [0.1, 0.15) is 23.3 Å². The molecule has 0 radical (unpaired) electrons. The molecule has 2 aliphatic rings. The number of likely N-dealkylation sites (tertiary alicyclic amines) is 1. The van der Waals surface area contributed by atoms with E-state index < -0.39 is 10.2 Å². The lowest BCUT2D eigenvalue weighted by atomic mass is 10.0. The van der Waals surface area contributed by atoms with E-state index in [1.54, 1.807) is 42.5 Å². The van der Waals surface area contributed by atoms with Gasteiger partial charge in [0, 0.05) is 44.2 Å². The Morgan fingerprint density at radius 1 is 1.10 bits per heavy atom. The molecule has 0 spiro atoms. The minimum Gasteiger partial charge on any atom is -0.355 e. The average Bonchev–Trinajstić information content (AvgIpc) is 3.36. The molecule has 10 heteroatoms. The van der Waals surface area contributed by atoms with E-state index in [4.69, 9.17) is 4.52 Å². The molecule has 0 saturated carbocycles. The van der Waals surface area contributed by atoms with Crippen molar-refractivity contribution in [3.8, 4) is 11.3 Å². The largest absolute Gasteiger partial charge is 0.355 e. The minimum absolute atomic E-state index is 0.205. The number of pyridine rings is 1. The number of fused-ring (bicyclic) bond motifs is 1. The van der Waals surface area contributed by atoms with Gasteiger partial charge in [0.25, 0.3) is 5.91 Å². The minimum atomic E-state index is -3.61. The number of nitrogens with zero attached hydrogens (tertiary/aromatic N) is 5. The van der Waals surface area contributed by atoms with Gasteiger partial charge in [0.1, 0.15) is 0 Å². The summed E-state index contributed by atoms with van der Waals surface area (Å²) >= 11 is 0. The molecule has 0 atom stereocenters. The fourth-order valence-electron chi connectivity index (χ4n) is 4.17. The van der Waals surface area contributed by atoms with E-state index in [0.717, 1.165) is 5.56 Å². The highest BCUT2D eigenvalue weighted by Gasteiger charge is 2.43. The van der Waals surface area contributed by atoms with Gasteiger partial charge in [0.15, 0.2) is 11.5 Å². The molecule has 1 saturated heterocycles. The lowest BCUT2D eigenvalue weighted by Gasteiger charge is -2.36. The smallest absolute Gasteiger partial charge is 0.326 e. The number of hydrogen-bond acceptors (Lipinski definition) is 6. The van der Waals surface area contributed by atoms with E-state index >= 15 is 0 Å². The monoisotopic (exact) mass is 439 g/mol. The normalized spacial score (nSPS) is 18.3. The van der Waals surface area contributed by atoms with Crippen molar-refractivity contribution < 1.29 is 17.7 Å². The molecular formula is C21H21N5O4S. The molecule has 0 unspecified atom stereocenters. The second-order valence-corrected chi connectivity index (χ2v) is 9.44. The summed E-state index contributed by atoms with van der Waals surface area (Å²) in [5.74, 6) is 0.258. The second kappa shape index (κ2) is 7.38. The van der Waals surface area contributed by atoms with Crippen LogP contribution in [0.2, 0.25) is 0 Å². The maximum Gasteiger partial charge on any atom is 0.326 e. The maximum absolute atomic E-state index is 13.0. The van der Waals surface area contributed by atoms with Crippen LogP contribution in [0.4, 0.5) is 11.4 Å². The standard InChI is InChI=1S/C21H21N5O4S/c1-24-18-6-2-3-7-19(18)26(31(24,28)29)16-8-11-25(12-9-16)21(27)17-13-20(30-23-17)15-5-4-10-22-14-15/h2-7,10,13-14,16H,8-9,11-12H2,1H3. The molecule has 2 aromatic heterocycles. The average molecular weight is 439 g/mol. The molecule has 3 aromatic rings. The van der Waals surface area contributed by atoms with E-state index in [-0.39, 0.29) is 17.6 Å². The van der Waals surface area contributed by atoms with Gasteiger partial charge in [-0.3, -0.25) is 14.1 Å². The first-order valence-corrected chi connectivity index (χ1v) is 11.4. The Bertz CT molecular complexity index is 1220. The number of piperidine rings is 1. The number of rotatable bonds is 3. The quantitative estimate of drug-likeness (QED) is 0.622. The molecule has 0 aliphatic carbocycles. The molecule has 1 amide bonds. The van der Waals surface area contributed by atoms with Gasteiger partial charge in [0.05, 0.1) is 17.4 Å². The first-order valence-electron chi connectivity index (χ1n) is 10.0. The molecule has 4 heterocycles. The van der Waals surface area contributed by atoms with Crippen molar-refractivity contribution in [2.24, 2.45) is 0 Å². The maximum atomic E-state index is 13.0. The van der Waals surface area contributed by atoms with Crippen LogP contribution < -0.4 is 8.61 Å². The third kappa shape index (κ3) is 3.23. The van der Waals surface area contributed by atoms with Gasteiger partial charge in [-0.25, -0.2) is 4.31 Å². The molecule has 1 fully saturated rings. The Labute approximate surface area is 180 Å². The highest BCUT2D eigenvalue weighted by atomic mass is 32.2. The number of hydrogen-bond donors (Lipinski definition) is 0. The van der Waals surface area contributed by atoms with Crippen molar-refractivity contribution in [2.45, 2.75) is 18.9 Å². The first kappa shape index (κ1) is 19.6. The van der Waals surface area contributed by atoms with Gasteiger partial charge in [-0.1, -0.05) is 17.3 Å². The molecule has 160 valence electrons. The van der Waals surface area contributed by atoms with Crippen LogP contribution >= 0.6 is 0 Å². The SMILES string of the molecule is CN1c2ccccc2N(C2CCN(C(=O)c3cc(-c4cccnc4)on3)CC2)S1(=O)=O. The van der Waals surface area contributed by atoms with Crippen LogP contribution in [0.3, 0.4) is 0 Å². The highest BCUT2D eigenvalue weighted by Crippen LogP contribution is 2.42. The van der Waals surface area contributed by atoms with E-state index in [1.165, 1.54) is 8.61 Å². The highest BCUT2D eigenvalue weighted by molar-refractivity contribution is 7.94. The fourth-order valence-corrected chi connectivity index (χ4v) is 5.83. The molecule has 1 aromatic carbocycles. The summed E-state index contributed by atoms with van der Waals surface area (Å²) in [5.41, 5.74) is 2.34. The van der Waals surface area contributed by atoms with Crippen molar-refractivity contribution in [3.63, 3.8) is 0 Å². The fraction of sp³-hybridized carbons (Fsp3) is 0.286. The predicted molar refractivity (Wildman–Crippen MR) is 115 cm³/mol. The summed E-state index contributed by atoms with van der Waals surface area (Å²) in [7, 11) is -2.05. The summed E-state index contributed by atoms with van der Waals surface area (Å²) in [6.07, 6.45) is 4.39. The lowest BCUT2D eigenvalue weighted by molar-refractivity contribution is 0.0705. The summed E-state index contributed by atoms with van der Waals surface area (Å²) in [5, 5.41) is 3.92. The van der Waals surface area contributed by atoms with Gasteiger partial charge >= 0.3 is 10.2 Å². The third-order valence-corrected chi connectivity index (χ3v) is 7.69. The van der Waals surface area contributed by atoms with Crippen LogP contribution in [0.5, 0.6) is 0 Å². The predicted octanol–water partition coefficient (Wildman–Crippen LogP) is 2.54. The molecule has 5 rings (SSSR count). The second-order valence-electron chi connectivity index (χ2n) is 7.60. The zero-order valence-corrected chi connectivity index (χ0v) is 17.7. The number of anilines is 2. The van der Waals surface area contributed by atoms with Crippen molar-refractivity contribution in [1.82, 2.24) is 15.0 Å². The van der Waals surface area contributed by atoms with E-state index in [1.807, 2.05) is 24.3 Å². The molecule has 2 aliphatic heterocycles. The van der Waals surface area contributed by atoms with Crippen LogP contribution in [0.15, 0.2) is 59.4 Å². The summed E-state index contributed by atoms with van der Waals surface area (Å²) in [4.78, 5) is 18.6. The Balaban J connectivity index is 1.30. The number of aromatic nitrogens is 2. The van der Waals surface area contributed by atoms with E-state index in [0.29, 0.717) is 43.1 Å². The lowest BCUT2D eigenvalue weighted by Crippen LogP contribution is -2.49. The van der Waals surface area contributed by atoms with Crippen LogP contribution in [0, 0.1) is 0 Å². The van der Waals surface area contributed by atoms with Crippen molar-refractivity contribution in [1.29, 1.82) is 0 Å². The topological polar surface area (TPSA) is 99.8 Å². The van der Waals surface area contributed by atoms with Crippen molar-refractivity contribution >= 4 is 27.5 Å². The van der Waals surface area contributed by atoms with Gasteiger partial charge < -0.3 is 9.42 Å². The van der Waals surface area contributed by atoms with Gasteiger partial charge in [-0.15, -0.1) is 0 Å². The Morgan fingerprint density at radius 3 is 2.55 bits per heavy atom. The number of amides is 1. The molecule has 0 bridgehead atoms. The molecule has 9 nitrogen and oxygen atoms in total. The van der Waals surface area contributed by atoms with E-state index in [2.05, 4.69) is 10.1 Å². The number of carbonyl (C=O) groups excluding carboxylic acids is 1. The third-order valence-electron chi connectivity index (χ3n) is 5.81. The summed E-state index contributed by atoms with van der Waals surface area (Å²) < 4.78 is 34.1.